The second-order valence-corrected chi connectivity index (χ2v) is 9.21. The fourth-order valence-electron chi connectivity index (χ4n) is 4.97. The van der Waals surface area contributed by atoms with Crippen LogP contribution in [0.3, 0.4) is 0 Å². The Bertz CT molecular complexity index is 890. The third-order valence-electron chi connectivity index (χ3n) is 7.13. The summed E-state index contributed by atoms with van der Waals surface area (Å²) >= 11 is 0. The van der Waals surface area contributed by atoms with E-state index in [4.69, 9.17) is 5.26 Å². The largest absolute Gasteiger partial charge is 0.508 e. The van der Waals surface area contributed by atoms with Crippen molar-refractivity contribution in [2.75, 3.05) is 26.3 Å². The predicted octanol–water partition coefficient (Wildman–Crippen LogP) is 1.10. The zero-order valence-electron chi connectivity index (χ0n) is 18.1. The molecular weight excluding hydrogens is 394 g/mol. The van der Waals surface area contributed by atoms with Crippen LogP contribution in [0.25, 0.3) is 0 Å². The Morgan fingerprint density at radius 3 is 2.81 bits per heavy atom. The minimum Gasteiger partial charge on any atom is -0.508 e. The number of nitrogens with zero attached hydrogens (tertiary/aromatic N) is 3. The average Bonchev–Trinajstić information content (AvgIpc) is 3.15. The highest BCUT2D eigenvalue weighted by molar-refractivity contribution is 6.02. The van der Waals surface area contributed by atoms with Gasteiger partial charge in [-0.05, 0) is 62.3 Å². The van der Waals surface area contributed by atoms with Crippen LogP contribution in [0.1, 0.15) is 43.7 Å². The molecule has 2 saturated heterocycles. The smallest absolute Gasteiger partial charge is 0.246 e. The van der Waals surface area contributed by atoms with Gasteiger partial charge in [0.1, 0.15) is 5.75 Å². The fourth-order valence-corrected chi connectivity index (χ4v) is 4.97. The molecule has 3 N–H and O–H groups in total. The van der Waals surface area contributed by atoms with Crippen LogP contribution in [0.15, 0.2) is 18.2 Å². The summed E-state index contributed by atoms with van der Waals surface area (Å²) in [5.74, 6) is -0.184. The summed E-state index contributed by atoms with van der Waals surface area (Å²) in [6.07, 6.45) is 3.88. The van der Waals surface area contributed by atoms with Crippen molar-refractivity contribution in [1.29, 1.82) is 5.26 Å². The summed E-state index contributed by atoms with van der Waals surface area (Å²) in [5.41, 5.74) is 1.28. The molecule has 0 aromatic heterocycles. The molecule has 0 aliphatic carbocycles. The van der Waals surface area contributed by atoms with Crippen LogP contribution in [-0.4, -0.2) is 64.6 Å². The van der Waals surface area contributed by atoms with Crippen molar-refractivity contribution in [2.24, 2.45) is 5.92 Å². The first-order valence-electron chi connectivity index (χ1n) is 11.2. The maximum atomic E-state index is 13.2. The molecule has 166 valence electrons. The number of phenols is 1. The van der Waals surface area contributed by atoms with Gasteiger partial charge in [-0.1, -0.05) is 6.07 Å². The molecule has 0 bridgehead atoms. The maximum Gasteiger partial charge on any atom is 0.246 e. The number of aromatic hydroxyl groups is 1. The number of fused-ring (bicyclic) bond motifs is 1. The Labute approximate surface area is 183 Å². The van der Waals surface area contributed by atoms with Crippen molar-refractivity contribution in [1.82, 2.24) is 20.4 Å². The number of benzene rings is 1. The summed E-state index contributed by atoms with van der Waals surface area (Å²) in [5, 5.41) is 24.6. The van der Waals surface area contributed by atoms with Crippen LogP contribution >= 0.6 is 0 Å². The highest BCUT2D eigenvalue weighted by atomic mass is 16.3. The Hall–Kier alpha value is -2.47. The zero-order chi connectivity index (χ0) is 22.0. The van der Waals surface area contributed by atoms with Gasteiger partial charge in [-0.2, -0.15) is 5.26 Å². The highest BCUT2D eigenvalue weighted by Crippen LogP contribution is 2.30. The number of carbonyl (C=O) groups excluding carboxylic acids is 2. The van der Waals surface area contributed by atoms with Crippen LogP contribution in [0, 0.1) is 17.2 Å². The molecule has 2 fully saturated rings. The van der Waals surface area contributed by atoms with E-state index in [2.05, 4.69) is 26.5 Å². The molecule has 2 atom stereocenters. The number of amides is 2. The minimum atomic E-state index is -0.708. The van der Waals surface area contributed by atoms with Gasteiger partial charge in [0.2, 0.25) is 11.8 Å². The van der Waals surface area contributed by atoms with Crippen LogP contribution in [0.2, 0.25) is 0 Å². The van der Waals surface area contributed by atoms with Crippen LogP contribution in [-0.2, 0) is 22.6 Å². The third-order valence-corrected chi connectivity index (χ3v) is 7.13. The van der Waals surface area contributed by atoms with E-state index < -0.39 is 11.6 Å². The van der Waals surface area contributed by atoms with Crippen LogP contribution in [0.4, 0.5) is 0 Å². The topological polar surface area (TPSA) is 109 Å². The van der Waals surface area contributed by atoms with E-state index in [1.807, 2.05) is 13.0 Å². The molecule has 1 unspecified atom stereocenters. The highest BCUT2D eigenvalue weighted by Gasteiger charge is 2.45. The monoisotopic (exact) mass is 425 g/mol. The van der Waals surface area contributed by atoms with Crippen molar-refractivity contribution in [3.8, 4) is 11.8 Å². The second-order valence-electron chi connectivity index (χ2n) is 9.21. The lowest BCUT2D eigenvalue weighted by Crippen LogP contribution is -2.60. The van der Waals surface area contributed by atoms with E-state index in [9.17, 15) is 14.7 Å². The van der Waals surface area contributed by atoms with Crippen molar-refractivity contribution >= 4 is 11.8 Å². The Kier molecular flexibility index (Phi) is 6.28. The predicted molar refractivity (Wildman–Crippen MR) is 115 cm³/mol. The quantitative estimate of drug-likeness (QED) is 0.620. The van der Waals surface area contributed by atoms with Crippen molar-refractivity contribution in [3.63, 3.8) is 0 Å². The number of imide groups is 1. The zero-order valence-corrected chi connectivity index (χ0v) is 18.1. The van der Waals surface area contributed by atoms with Gasteiger partial charge in [0.15, 0.2) is 0 Å². The average molecular weight is 426 g/mol. The van der Waals surface area contributed by atoms with Crippen molar-refractivity contribution in [2.45, 2.75) is 57.2 Å². The molecule has 8 heteroatoms. The third kappa shape index (κ3) is 4.59. The van der Waals surface area contributed by atoms with Gasteiger partial charge in [-0.25, -0.2) is 0 Å². The molecule has 31 heavy (non-hydrogen) atoms. The van der Waals surface area contributed by atoms with E-state index in [1.54, 1.807) is 12.1 Å². The van der Waals surface area contributed by atoms with Gasteiger partial charge in [0, 0.05) is 32.1 Å². The Balaban J connectivity index is 1.35. The number of nitriles is 1. The summed E-state index contributed by atoms with van der Waals surface area (Å²) in [6.45, 7) is 5.66. The molecule has 3 aliphatic heterocycles. The van der Waals surface area contributed by atoms with Gasteiger partial charge < -0.3 is 10.4 Å². The van der Waals surface area contributed by atoms with Gasteiger partial charge in [-0.3, -0.25) is 24.7 Å². The van der Waals surface area contributed by atoms with Crippen LogP contribution < -0.4 is 10.6 Å². The van der Waals surface area contributed by atoms with E-state index in [-0.39, 0.29) is 23.5 Å². The van der Waals surface area contributed by atoms with Gasteiger partial charge in [0.25, 0.3) is 0 Å². The molecule has 1 aromatic rings. The first-order chi connectivity index (χ1) is 14.9. The van der Waals surface area contributed by atoms with Crippen molar-refractivity contribution < 1.29 is 14.7 Å². The number of hydrogen-bond donors (Lipinski definition) is 3. The van der Waals surface area contributed by atoms with Gasteiger partial charge >= 0.3 is 0 Å². The molecule has 0 saturated carbocycles. The van der Waals surface area contributed by atoms with E-state index in [1.165, 1.54) is 0 Å². The number of phenolic OH excluding ortho intramolecular Hbond substituents is 1. The number of nitrogens with one attached hydrogen (secondary N) is 2. The van der Waals surface area contributed by atoms with Crippen molar-refractivity contribution in [3.05, 3.63) is 29.3 Å². The summed E-state index contributed by atoms with van der Waals surface area (Å²) in [4.78, 5) is 30.5. The van der Waals surface area contributed by atoms with E-state index >= 15 is 0 Å². The molecule has 3 aliphatic rings. The van der Waals surface area contributed by atoms with E-state index in [0.717, 1.165) is 56.4 Å². The van der Waals surface area contributed by atoms with Gasteiger partial charge in [0.05, 0.1) is 24.3 Å². The first-order valence-corrected chi connectivity index (χ1v) is 11.2. The molecule has 1 aromatic carbocycles. The normalized spacial score (nSPS) is 27.4. The molecule has 3 heterocycles. The standard InChI is InChI=1S/C23H31N5O3/c1-23(7-2-8-28(23)15-27-9-5-16(13-24)6-10-27)22(31)26-21(30)20-12-17-3-4-19(29)11-18(17)14-25-20/h3-4,11,16,20,25,29H,2,5-10,12,14-15H2,1H3,(H,26,30,31)/t20-,23?/m1/s1. The van der Waals surface area contributed by atoms with E-state index in [0.29, 0.717) is 19.6 Å². The Morgan fingerprint density at radius 2 is 2.06 bits per heavy atom. The Morgan fingerprint density at radius 1 is 1.29 bits per heavy atom. The molecule has 0 spiro atoms. The molecular formula is C23H31N5O3. The molecule has 8 nitrogen and oxygen atoms in total. The minimum absolute atomic E-state index is 0.138. The summed E-state index contributed by atoms with van der Waals surface area (Å²) < 4.78 is 0. The lowest BCUT2D eigenvalue weighted by Gasteiger charge is -2.39. The number of rotatable bonds is 4. The number of likely N-dealkylation sites (tertiary alicyclic amines) is 2. The fraction of sp³-hybridized carbons (Fsp3) is 0.609. The van der Waals surface area contributed by atoms with Gasteiger partial charge in [-0.15, -0.1) is 0 Å². The second kappa shape index (κ2) is 8.95. The first kappa shape index (κ1) is 21.8. The summed E-state index contributed by atoms with van der Waals surface area (Å²) in [7, 11) is 0. The lowest BCUT2D eigenvalue weighted by atomic mass is 9.94. The molecule has 0 radical (unpaired) electrons. The number of piperidine rings is 1. The molecule has 4 rings (SSSR count). The molecule has 2 amide bonds. The lowest BCUT2D eigenvalue weighted by molar-refractivity contribution is -0.138. The van der Waals surface area contributed by atoms with Crippen LogP contribution in [0.5, 0.6) is 5.75 Å². The number of carbonyl (C=O) groups is 2. The summed E-state index contributed by atoms with van der Waals surface area (Å²) in [6, 6.07) is 7.06. The maximum absolute atomic E-state index is 13.2. The SMILES string of the molecule is CC1(C(=O)NC(=O)[C@H]2Cc3ccc(O)cc3CN2)CCCN1CN1CCC(C#N)CC1. The number of hydrogen-bond acceptors (Lipinski definition) is 7.